The van der Waals surface area contributed by atoms with Gasteiger partial charge in [0, 0.05) is 19.3 Å². The highest BCUT2D eigenvalue weighted by molar-refractivity contribution is 14.0. The summed E-state index contributed by atoms with van der Waals surface area (Å²) in [6.07, 6.45) is 1.93. The van der Waals surface area contributed by atoms with Crippen molar-refractivity contribution in [2.24, 2.45) is 4.99 Å². The largest absolute Gasteiger partial charge is 0.359 e. The van der Waals surface area contributed by atoms with E-state index in [4.69, 9.17) is 4.52 Å². The summed E-state index contributed by atoms with van der Waals surface area (Å²) in [6, 6.07) is 7.67. The number of guanidine groups is 1. The van der Waals surface area contributed by atoms with Crippen LogP contribution in [0.15, 0.2) is 40.0 Å². The average Bonchev–Trinajstić information content (AvgIpc) is 3.14. The van der Waals surface area contributed by atoms with Crippen LogP contribution >= 0.6 is 24.0 Å². The maximum atomic E-state index is 5.15. The molecule has 0 saturated carbocycles. The summed E-state index contributed by atoms with van der Waals surface area (Å²) in [4.78, 5) is 4.16. The van der Waals surface area contributed by atoms with Gasteiger partial charge in [-0.3, -0.25) is 9.39 Å². The number of aromatic nitrogens is 4. The van der Waals surface area contributed by atoms with Crippen molar-refractivity contribution in [2.45, 2.75) is 20.0 Å². The van der Waals surface area contributed by atoms with Gasteiger partial charge in [-0.25, -0.2) is 0 Å². The normalized spacial score (nSPS) is 11.3. The van der Waals surface area contributed by atoms with Crippen LogP contribution in [0.3, 0.4) is 0 Å². The fraction of sp³-hybridized carbons (Fsp3) is 0.286. The van der Waals surface area contributed by atoms with E-state index in [0.717, 1.165) is 22.9 Å². The molecule has 122 valence electrons. The van der Waals surface area contributed by atoms with Gasteiger partial charge in [0.05, 0.1) is 18.8 Å². The quantitative estimate of drug-likeness (QED) is 0.373. The van der Waals surface area contributed by atoms with Gasteiger partial charge in [0.25, 0.3) is 0 Å². The van der Waals surface area contributed by atoms with Gasteiger partial charge in [-0.05, 0) is 19.1 Å². The molecule has 0 atom stereocenters. The molecule has 0 radical (unpaired) electrons. The first kappa shape index (κ1) is 17.2. The first-order chi connectivity index (χ1) is 10.8. The number of pyridine rings is 1. The van der Waals surface area contributed by atoms with E-state index in [1.807, 2.05) is 41.8 Å². The highest BCUT2D eigenvalue weighted by Gasteiger charge is 2.06. The van der Waals surface area contributed by atoms with Gasteiger partial charge < -0.3 is 15.2 Å². The number of aryl methyl sites for hydroxylation is 1. The molecule has 0 aliphatic heterocycles. The lowest BCUT2D eigenvalue weighted by molar-refractivity contribution is 0.376. The highest BCUT2D eigenvalue weighted by Crippen LogP contribution is 2.03. The second-order valence-corrected chi connectivity index (χ2v) is 4.76. The first-order valence-electron chi connectivity index (χ1n) is 6.91. The molecule has 0 bridgehead atoms. The van der Waals surface area contributed by atoms with E-state index in [2.05, 4.69) is 31.0 Å². The number of nitrogens with one attached hydrogen (secondary N) is 2. The fourth-order valence-corrected chi connectivity index (χ4v) is 2.07. The molecule has 0 saturated heterocycles. The molecule has 8 nitrogen and oxygen atoms in total. The Bertz CT molecular complexity index is 795. The van der Waals surface area contributed by atoms with Gasteiger partial charge in [0.15, 0.2) is 23.2 Å². The summed E-state index contributed by atoms with van der Waals surface area (Å²) in [6.45, 7) is 2.91. The molecule has 0 unspecified atom stereocenters. The molecule has 2 N–H and O–H groups in total. The topological polar surface area (TPSA) is 92.6 Å². The van der Waals surface area contributed by atoms with Crippen molar-refractivity contribution >= 4 is 35.6 Å². The molecule has 23 heavy (non-hydrogen) atoms. The van der Waals surface area contributed by atoms with Crippen molar-refractivity contribution < 1.29 is 4.52 Å². The summed E-state index contributed by atoms with van der Waals surface area (Å²) in [7, 11) is 1.71. The Morgan fingerprint density at radius 2 is 2.09 bits per heavy atom. The van der Waals surface area contributed by atoms with Crippen LogP contribution in [0.25, 0.3) is 5.65 Å². The molecule has 9 heteroatoms. The van der Waals surface area contributed by atoms with Crippen LogP contribution in [0.4, 0.5) is 0 Å². The van der Waals surface area contributed by atoms with Gasteiger partial charge in [-0.2, -0.15) is 0 Å². The van der Waals surface area contributed by atoms with Gasteiger partial charge >= 0.3 is 0 Å². The lowest BCUT2D eigenvalue weighted by Crippen LogP contribution is -2.36. The molecule has 3 heterocycles. The molecule has 0 amide bonds. The monoisotopic (exact) mass is 427 g/mol. The molecule has 3 aromatic rings. The summed E-state index contributed by atoms with van der Waals surface area (Å²) in [5.41, 5.74) is 1.68. The Balaban J connectivity index is 0.00000192. The minimum absolute atomic E-state index is 0. The third-order valence-electron chi connectivity index (χ3n) is 3.13. The van der Waals surface area contributed by atoms with Gasteiger partial charge in [0.2, 0.25) is 0 Å². The molecular formula is C14H18IN7O. The van der Waals surface area contributed by atoms with Crippen LogP contribution in [-0.2, 0) is 13.1 Å². The van der Waals surface area contributed by atoms with E-state index in [-0.39, 0.29) is 24.0 Å². The molecule has 0 spiro atoms. The molecule has 0 fully saturated rings. The summed E-state index contributed by atoms with van der Waals surface area (Å²) in [5, 5.41) is 18.5. The van der Waals surface area contributed by atoms with Gasteiger partial charge in [-0.1, -0.05) is 11.2 Å². The first-order valence-corrected chi connectivity index (χ1v) is 6.91. The fourth-order valence-electron chi connectivity index (χ4n) is 2.07. The second kappa shape index (κ2) is 7.90. The zero-order chi connectivity index (χ0) is 15.4. The number of halogens is 1. The Morgan fingerprint density at radius 1 is 1.26 bits per heavy atom. The van der Waals surface area contributed by atoms with E-state index >= 15 is 0 Å². The van der Waals surface area contributed by atoms with Crippen molar-refractivity contribution in [3.63, 3.8) is 0 Å². The van der Waals surface area contributed by atoms with Crippen LogP contribution in [0.1, 0.15) is 17.3 Å². The molecule has 3 rings (SSSR count). The van der Waals surface area contributed by atoms with E-state index in [1.165, 1.54) is 0 Å². The predicted molar refractivity (Wildman–Crippen MR) is 96.7 cm³/mol. The zero-order valence-corrected chi connectivity index (χ0v) is 15.2. The highest BCUT2D eigenvalue weighted by atomic mass is 127. The number of rotatable bonds is 4. The van der Waals surface area contributed by atoms with Crippen LogP contribution in [0.5, 0.6) is 0 Å². The molecule has 0 aliphatic rings. The lowest BCUT2D eigenvalue weighted by atomic mass is 10.4. The second-order valence-electron chi connectivity index (χ2n) is 4.76. The maximum Gasteiger partial charge on any atom is 0.191 e. The molecular weight excluding hydrogens is 409 g/mol. The Morgan fingerprint density at radius 3 is 2.83 bits per heavy atom. The molecule has 0 aliphatic carbocycles. The van der Waals surface area contributed by atoms with E-state index < -0.39 is 0 Å². The van der Waals surface area contributed by atoms with E-state index in [9.17, 15) is 0 Å². The summed E-state index contributed by atoms with van der Waals surface area (Å²) in [5.74, 6) is 2.23. The van der Waals surface area contributed by atoms with Crippen molar-refractivity contribution in [3.8, 4) is 0 Å². The van der Waals surface area contributed by atoms with Gasteiger partial charge in [-0.15, -0.1) is 34.2 Å². The summed E-state index contributed by atoms with van der Waals surface area (Å²) < 4.78 is 7.08. The SMILES string of the molecule is CN=C(NCc1cc(C)no1)NCc1nnc2ccccn12.I. The molecule has 0 aromatic carbocycles. The lowest BCUT2D eigenvalue weighted by Gasteiger charge is -2.09. The third-order valence-corrected chi connectivity index (χ3v) is 3.13. The number of hydrogen-bond donors (Lipinski definition) is 2. The van der Waals surface area contributed by atoms with Crippen LogP contribution < -0.4 is 10.6 Å². The average molecular weight is 427 g/mol. The van der Waals surface area contributed by atoms with Crippen LogP contribution in [0.2, 0.25) is 0 Å². The predicted octanol–water partition coefficient (Wildman–Crippen LogP) is 1.51. The Kier molecular flexibility index (Phi) is 5.90. The smallest absolute Gasteiger partial charge is 0.191 e. The Hall–Kier alpha value is -2.17. The van der Waals surface area contributed by atoms with Crippen molar-refractivity contribution in [2.75, 3.05) is 7.05 Å². The van der Waals surface area contributed by atoms with Crippen molar-refractivity contribution in [1.82, 2.24) is 30.4 Å². The van der Waals surface area contributed by atoms with E-state index in [1.54, 1.807) is 7.05 Å². The molecule has 3 aromatic heterocycles. The maximum absolute atomic E-state index is 5.15. The standard InChI is InChI=1S/C14H17N7O.HI/c1-10-7-11(22-20-10)8-16-14(15-2)17-9-13-19-18-12-5-3-4-6-21(12)13;/h3-7H,8-9H2,1-2H3,(H2,15,16,17);1H. The minimum atomic E-state index is 0. The number of fused-ring (bicyclic) bond motifs is 1. The number of aliphatic imine (C=N–C) groups is 1. The van der Waals surface area contributed by atoms with Crippen LogP contribution in [0, 0.1) is 6.92 Å². The third kappa shape index (κ3) is 4.18. The van der Waals surface area contributed by atoms with Gasteiger partial charge in [0.1, 0.15) is 0 Å². The van der Waals surface area contributed by atoms with E-state index in [0.29, 0.717) is 19.0 Å². The summed E-state index contributed by atoms with van der Waals surface area (Å²) >= 11 is 0. The minimum Gasteiger partial charge on any atom is -0.359 e. The van der Waals surface area contributed by atoms with Crippen molar-refractivity contribution in [1.29, 1.82) is 0 Å². The Labute approximate surface area is 150 Å². The number of nitrogens with zero attached hydrogens (tertiary/aromatic N) is 5. The van der Waals surface area contributed by atoms with Crippen molar-refractivity contribution in [3.05, 3.63) is 47.7 Å². The number of hydrogen-bond acceptors (Lipinski definition) is 5. The zero-order valence-electron chi connectivity index (χ0n) is 12.9. The van der Waals surface area contributed by atoms with Crippen LogP contribution in [-0.4, -0.2) is 32.8 Å².